The summed E-state index contributed by atoms with van der Waals surface area (Å²) in [5.74, 6) is 0.886. The fraction of sp³-hybridized carbons (Fsp3) is 0.364. The number of aliphatic imine (C=N–C) groups is 1. The summed E-state index contributed by atoms with van der Waals surface area (Å²) < 4.78 is 0. The lowest BCUT2D eigenvalue weighted by molar-refractivity contribution is 0.0827. The summed E-state index contributed by atoms with van der Waals surface area (Å²) in [5.41, 5.74) is 4.42. The van der Waals surface area contributed by atoms with E-state index in [1.165, 1.54) is 11.1 Å². The van der Waals surface area contributed by atoms with E-state index in [1.54, 1.807) is 26.0 Å². The molecule has 1 N–H and O–H groups in total. The van der Waals surface area contributed by atoms with Gasteiger partial charge in [0.2, 0.25) is 0 Å². The Kier molecular flexibility index (Phi) is 9.99. The van der Waals surface area contributed by atoms with Crippen molar-refractivity contribution in [2.24, 2.45) is 4.99 Å². The van der Waals surface area contributed by atoms with Crippen LogP contribution in [0.4, 0.5) is 0 Å². The number of benzene rings is 2. The highest BCUT2D eigenvalue weighted by atomic mass is 127. The van der Waals surface area contributed by atoms with Crippen molar-refractivity contribution in [1.29, 1.82) is 0 Å². The molecule has 6 heteroatoms. The first-order valence-electron chi connectivity index (χ1n) is 9.19. The first-order valence-corrected chi connectivity index (χ1v) is 9.19. The second-order valence-corrected chi connectivity index (χ2v) is 6.91. The van der Waals surface area contributed by atoms with Gasteiger partial charge in [-0.25, -0.2) is 0 Å². The van der Waals surface area contributed by atoms with Gasteiger partial charge in [-0.2, -0.15) is 0 Å². The number of rotatable bonds is 6. The van der Waals surface area contributed by atoms with Gasteiger partial charge in [0.05, 0.1) is 0 Å². The number of nitrogens with zero attached hydrogens (tertiary/aromatic N) is 3. The molecule has 0 aliphatic rings. The summed E-state index contributed by atoms with van der Waals surface area (Å²) in [6.07, 6.45) is 0.825. The van der Waals surface area contributed by atoms with Crippen molar-refractivity contribution in [3.8, 4) is 0 Å². The highest BCUT2D eigenvalue weighted by molar-refractivity contribution is 14.0. The molecule has 0 aliphatic heterocycles. The van der Waals surface area contributed by atoms with Gasteiger partial charge in [0, 0.05) is 46.8 Å². The second kappa shape index (κ2) is 11.7. The number of guanidine groups is 1. The van der Waals surface area contributed by atoms with Crippen molar-refractivity contribution in [3.63, 3.8) is 0 Å². The van der Waals surface area contributed by atoms with Crippen LogP contribution in [0.3, 0.4) is 0 Å². The average Bonchev–Trinajstić information content (AvgIpc) is 2.66. The van der Waals surface area contributed by atoms with Crippen LogP contribution in [0.1, 0.15) is 27.0 Å². The van der Waals surface area contributed by atoms with Crippen LogP contribution in [0.15, 0.2) is 53.5 Å². The Labute approximate surface area is 185 Å². The maximum Gasteiger partial charge on any atom is 0.253 e. The molecule has 28 heavy (non-hydrogen) atoms. The number of amides is 1. The third kappa shape index (κ3) is 6.82. The molecule has 0 saturated heterocycles. The first kappa shape index (κ1) is 23.9. The van der Waals surface area contributed by atoms with Crippen LogP contribution in [0.2, 0.25) is 0 Å². The molecule has 5 nitrogen and oxygen atoms in total. The smallest absolute Gasteiger partial charge is 0.253 e. The number of nitrogens with one attached hydrogen (secondary N) is 1. The van der Waals surface area contributed by atoms with Crippen molar-refractivity contribution < 1.29 is 4.79 Å². The maximum absolute atomic E-state index is 12.1. The van der Waals surface area contributed by atoms with E-state index in [0.717, 1.165) is 36.6 Å². The Hall–Kier alpha value is -2.09. The van der Waals surface area contributed by atoms with Gasteiger partial charge in [-0.3, -0.25) is 9.79 Å². The van der Waals surface area contributed by atoms with Gasteiger partial charge in [-0.15, -0.1) is 24.0 Å². The highest BCUT2D eigenvalue weighted by Crippen LogP contribution is 2.10. The van der Waals surface area contributed by atoms with E-state index in [2.05, 4.69) is 46.4 Å². The number of carbonyl (C=O) groups is 1. The van der Waals surface area contributed by atoms with Gasteiger partial charge in [-0.05, 0) is 42.2 Å². The minimum atomic E-state index is 0. The summed E-state index contributed by atoms with van der Waals surface area (Å²) in [7, 11) is 7.38. The standard InChI is InChI=1S/C22H30N4O.HI/c1-17-9-6-7-11-20(17)16-26(5)22(23-2)24-14-13-18-10-8-12-19(15-18)21(27)25(3)4;/h6-12,15H,13-14,16H2,1-5H3,(H,23,24);1H. The van der Waals surface area contributed by atoms with E-state index < -0.39 is 0 Å². The van der Waals surface area contributed by atoms with Crippen molar-refractivity contribution in [3.05, 3.63) is 70.8 Å². The van der Waals surface area contributed by atoms with E-state index in [0.29, 0.717) is 0 Å². The second-order valence-electron chi connectivity index (χ2n) is 6.91. The molecular weight excluding hydrogens is 463 g/mol. The van der Waals surface area contributed by atoms with Gasteiger partial charge in [-0.1, -0.05) is 36.4 Å². The van der Waals surface area contributed by atoms with Crippen molar-refractivity contribution in [2.75, 3.05) is 34.7 Å². The van der Waals surface area contributed by atoms with Gasteiger partial charge in [0.15, 0.2) is 5.96 Å². The van der Waals surface area contributed by atoms with Crippen LogP contribution >= 0.6 is 24.0 Å². The van der Waals surface area contributed by atoms with Crippen LogP contribution in [0.5, 0.6) is 0 Å². The predicted octanol–water partition coefficient (Wildman–Crippen LogP) is 3.56. The number of carbonyl (C=O) groups excluding carboxylic acids is 1. The SMILES string of the molecule is CN=C(NCCc1cccc(C(=O)N(C)C)c1)N(C)Cc1ccccc1C.I. The fourth-order valence-corrected chi connectivity index (χ4v) is 2.94. The van der Waals surface area contributed by atoms with Crippen molar-refractivity contribution >= 4 is 35.8 Å². The molecule has 152 valence electrons. The van der Waals surface area contributed by atoms with E-state index in [4.69, 9.17) is 0 Å². The maximum atomic E-state index is 12.1. The monoisotopic (exact) mass is 494 g/mol. The average molecular weight is 494 g/mol. The Morgan fingerprint density at radius 1 is 1.07 bits per heavy atom. The van der Waals surface area contributed by atoms with Gasteiger partial charge in [0.1, 0.15) is 0 Å². The predicted molar refractivity (Wildman–Crippen MR) is 128 cm³/mol. The molecule has 0 saturated carbocycles. The molecule has 0 atom stereocenters. The molecule has 2 rings (SSSR count). The molecule has 1 amide bonds. The molecule has 0 heterocycles. The van der Waals surface area contributed by atoms with E-state index in [1.807, 2.05) is 31.3 Å². The van der Waals surface area contributed by atoms with Crippen LogP contribution < -0.4 is 5.32 Å². The summed E-state index contributed by atoms with van der Waals surface area (Å²) in [6, 6.07) is 16.2. The van der Waals surface area contributed by atoms with E-state index in [9.17, 15) is 4.79 Å². The molecule has 2 aromatic rings. The summed E-state index contributed by atoms with van der Waals surface area (Å²) in [6.45, 7) is 3.69. The molecule has 0 fully saturated rings. The number of halogens is 1. The Morgan fingerprint density at radius 3 is 2.43 bits per heavy atom. The minimum absolute atomic E-state index is 0. The number of hydrogen-bond acceptors (Lipinski definition) is 2. The van der Waals surface area contributed by atoms with Crippen molar-refractivity contribution in [1.82, 2.24) is 15.1 Å². The zero-order valence-electron chi connectivity index (χ0n) is 17.4. The molecule has 0 bridgehead atoms. The summed E-state index contributed by atoms with van der Waals surface area (Å²) in [5, 5.41) is 3.41. The normalized spacial score (nSPS) is 10.8. The number of hydrogen-bond donors (Lipinski definition) is 1. The molecule has 0 radical (unpaired) electrons. The Bertz CT molecular complexity index is 805. The zero-order chi connectivity index (χ0) is 19.8. The molecule has 0 aromatic heterocycles. The lowest BCUT2D eigenvalue weighted by atomic mass is 10.1. The lowest BCUT2D eigenvalue weighted by Gasteiger charge is -2.23. The molecule has 0 aliphatic carbocycles. The number of aryl methyl sites for hydroxylation is 1. The molecule has 0 unspecified atom stereocenters. The zero-order valence-corrected chi connectivity index (χ0v) is 19.7. The first-order chi connectivity index (χ1) is 12.9. The Balaban J connectivity index is 0.00000392. The summed E-state index contributed by atoms with van der Waals surface area (Å²) >= 11 is 0. The van der Waals surface area contributed by atoms with E-state index in [-0.39, 0.29) is 29.9 Å². The Morgan fingerprint density at radius 2 is 1.79 bits per heavy atom. The van der Waals surface area contributed by atoms with Crippen molar-refractivity contribution in [2.45, 2.75) is 19.9 Å². The van der Waals surface area contributed by atoms with Crippen LogP contribution in [-0.4, -0.2) is 56.4 Å². The third-order valence-corrected chi connectivity index (χ3v) is 4.52. The molecule has 0 spiro atoms. The fourth-order valence-electron chi connectivity index (χ4n) is 2.94. The molecule has 2 aromatic carbocycles. The lowest BCUT2D eigenvalue weighted by Crippen LogP contribution is -2.39. The van der Waals surface area contributed by atoms with Crippen LogP contribution in [0, 0.1) is 6.92 Å². The van der Waals surface area contributed by atoms with Gasteiger partial charge in [0.25, 0.3) is 5.91 Å². The van der Waals surface area contributed by atoms with Crippen LogP contribution in [0.25, 0.3) is 0 Å². The highest BCUT2D eigenvalue weighted by Gasteiger charge is 2.10. The summed E-state index contributed by atoms with van der Waals surface area (Å²) in [4.78, 5) is 20.2. The van der Waals surface area contributed by atoms with Gasteiger partial charge < -0.3 is 15.1 Å². The largest absolute Gasteiger partial charge is 0.356 e. The van der Waals surface area contributed by atoms with Crippen LogP contribution in [-0.2, 0) is 13.0 Å². The molecular formula is C22H31IN4O. The van der Waals surface area contributed by atoms with Gasteiger partial charge >= 0.3 is 0 Å². The van der Waals surface area contributed by atoms with E-state index >= 15 is 0 Å². The third-order valence-electron chi connectivity index (χ3n) is 4.52. The minimum Gasteiger partial charge on any atom is -0.356 e. The topological polar surface area (TPSA) is 47.9 Å². The quantitative estimate of drug-likeness (QED) is 0.380.